The first kappa shape index (κ1) is 20.2. The highest BCUT2D eigenvalue weighted by molar-refractivity contribution is 5.82. The third kappa shape index (κ3) is 5.47. The van der Waals surface area contributed by atoms with Crippen LogP contribution < -0.4 is 15.8 Å². The Hall–Kier alpha value is -3.55. The van der Waals surface area contributed by atoms with Gasteiger partial charge in [0, 0.05) is 23.5 Å². The van der Waals surface area contributed by atoms with Gasteiger partial charge in [0.05, 0.1) is 5.92 Å². The molecule has 3 aromatic rings. The maximum atomic E-state index is 12.3. The summed E-state index contributed by atoms with van der Waals surface area (Å²) >= 11 is 0. The molecule has 1 aromatic heterocycles. The molecule has 2 aromatic carbocycles. The third-order valence-electron chi connectivity index (χ3n) is 4.25. The molecule has 0 bridgehead atoms. The Morgan fingerprint density at radius 3 is 2.48 bits per heavy atom. The van der Waals surface area contributed by atoms with Gasteiger partial charge in [-0.1, -0.05) is 30.3 Å². The molecule has 3 N–H and O–H groups in total. The van der Waals surface area contributed by atoms with E-state index in [0.29, 0.717) is 11.5 Å². The Bertz CT molecular complexity index is 1000. The van der Waals surface area contributed by atoms with Crippen LogP contribution in [0.15, 0.2) is 66.9 Å². The van der Waals surface area contributed by atoms with Gasteiger partial charge in [-0.25, -0.2) is 4.98 Å². The maximum Gasteiger partial charge on any atom is 0.573 e. The Morgan fingerprint density at radius 2 is 1.83 bits per heavy atom. The zero-order valence-corrected chi connectivity index (χ0v) is 15.4. The number of alkyl halides is 3. The number of nitrogens with two attached hydrogens (primary N) is 1. The molecule has 29 heavy (non-hydrogen) atoms. The number of aromatic nitrogens is 1. The molecule has 0 aliphatic carbocycles. The summed E-state index contributed by atoms with van der Waals surface area (Å²) < 4.78 is 41.0. The summed E-state index contributed by atoms with van der Waals surface area (Å²) in [6, 6.07) is 16.5. The number of carbonyl (C=O) groups is 1. The van der Waals surface area contributed by atoms with Gasteiger partial charge in [-0.15, -0.1) is 13.2 Å². The maximum absolute atomic E-state index is 12.3. The van der Waals surface area contributed by atoms with Crippen molar-refractivity contribution in [3.63, 3.8) is 0 Å². The van der Waals surface area contributed by atoms with Crippen molar-refractivity contribution in [1.29, 1.82) is 0 Å². The Labute approximate surface area is 165 Å². The van der Waals surface area contributed by atoms with Gasteiger partial charge in [-0.3, -0.25) is 4.79 Å². The number of amides is 1. The number of carbonyl (C=O) groups excluding carboxylic acids is 1. The lowest BCUT2D eigenvalue weighted by Gasteiger charge is -2.12. The van der Waals surface area contributed by atoms with Gasteiger partial charge in [0.2, 0.25) is 5.91 Å². The molecule has 0 saturated heterocycles. The Kier molecular flexibility index (Phi) is 5.72. The van der Waals surface area contributed by atoms with E-state index in [1.54, 1.807) is 25.3 Å². The summed E-state index contributed by atoms with van der Waals surface area (Å²) in [7, 11) is 0. The third-order valence-corrected chi connectivity index (χ3v) is 4.25. The number of rotatable bonds is 6. The topological polar surface area (TPSA) is 77.2 Å². The quantitative estimate of drug-likeness (QED) is 0.611. The van der Waals surface area contributed by atoms with Gasteiger partial charge in [0.15, 0.2) is 0 Å². The number of benzene rings is 2. The summed E-state index contributed by atoms with van der Waals surface area (Å²) in [5, 5.41) is 2.93. The van der Waals surface area contributed by atoms with Crippen LogP contribution in [0.1, 0.15) is 18.4 Å². The smallest absolute Gasteiger partial charge is 0.406 e. The molecule has 1 amide bonds. The first-order valence-electron chi connectivity index (χ1n) is 8.70. The molecule has 0 radical (unpaired) electrons. The standard InChI is InChI=1S/C21H18F3N3O2/c1-13(20(25)28)14-4-2-5-15(10-14)16-8-9-19(26-12-16)27-17-6-3-7-18(11-17)29-21(22,23)24/h2-13H,1H3,(H2,25,28)(H,26,27). The van der Waals surface area contributed by atoms with Crippen molar-refractivity contribution in [2.75, 3.05) is 5.32 Å². The molecule has 3 rings (SSSR count). The van der Waals surface area contributed by atoms with Crippen LogP contribution in [0.2, 0.25) is 0 Å². The van der Waals surface area contributed by atoms with Crippen LogP contribution >= 0.6 is 0 Å². The number of anilines is 2. The minimum atomic E-state index is -4.75. The van der Waals surface area contributed by atoms with Crippen molar-refractivity contribution in [2.45, 2.75) is 19.2 Å². The van der Waals surface area contributed by atoms with Crippen LogP contribution in [0.5, 0.6) is 5.75 Å². The van der Waals surface area contributed by atoms with Crippen molar-refractivity contribution >= 4 is 17.4 Å². The molecule has 0 spiro atoms. The highest BCUT2D eigenvalue weighted by Gasteiger charge is 2.31. The lowest BCUT2D eigenvalue weighted by molar-refractivity contribution is -0.274. The lowest BCUT2D eigenvalue weighted by atomic mass is 9.96. The summed E-state index contributed by atoms with van der Waals surface area (Å²) in [4.78, 5) is 15.7. The molecule has 0 aliphatic rings. The summed E-state index contributed by atoms with van der Waals surface area (Å²) in [5.74, 6) is -0.675. The molecule has 150 valence electrons. The molecule has 1 atom stereocenters. The minimum absolute atomic E-state index is 0.320. The number of nitrogens with one attached hydrogen (secondary N) is 1. The Balaban J connectivity index is 1.75. The molecule has 0 saturated carbocycles. The number of halogens is 3. The van der Waals surface area contributed by atoms with E-state index in [1.807, 2.05) is 30.3 Å². The predicted molar refractivity (Wildman–Crippen MR) is 104 cm³/mol. The second kappa shape index (κ2) is 8.22. The summed E-state index contributed by atoms with van der Waals surface area (Å²) in [5.41, 5.74) is 8.27. The highest BCUT2D eigenvalue weighted by Crippen LogP contribution is 2.28. The van der Waals surface area contributed by atoms with Gasteiger partial charge in [0.1, 0.15) is 11.6 Å². The summed E-state index contributed by atoms with van der Waals surface area (Å²) in [6.45, 7) is 1.74. The molecule has 8 heteroatoms. The number of pyridine rings is 1. The van der Waals surface area contributed by atoms with Gasteiger partial charge in [-0.2, -0.15) is 0 Å². The fourth-order valence-electron chi connectivity index (χ4n) is 2.71. The number of hydrogen-bond donors (Lipinski definition) is 2. The first-order valence-corrected chi connectivity index (χ1v) is 8.70. The van der Waals surface area contributed by atoms with Crippen molar-refractivity contribution in [2.24, 2.45) is 5.73 Å². The highest BCUT2D eigenvalue weighted by atomic mass is 19.4. The average molecular weight is 401 g/mol. The van der Waals surface area contributed by atoms with E-state index >= 15 is 0 Å². The van der Waals surface area contributed by atoms with Crippen LogP contribution in [-0.4, -0.2) is 17.3 Å². The van der Waals surface area contributed by atoms with Crippen molar-refractivity contribution < 1.29 is 22.7 Å². The number of nitrogens with zero attached hydrogens (tertiary/aromatic N) is 1. The fraction of sp³-hybridized carbons (Fsp3) is 0.143. The lowest BCUT2D eigenvalue weighted by Crippen LogP contribution is -2.18. The van der Waals surface area contributed by atoms with Crippen LogP contribution in [0.4, 0.5) is 24.7 Å². The number of hydrogen-bond acceptors (Lipinski definition) is 4. The van der Waals surface area contributed by atoms with Crippen LogP contribution in [0.25, 0.3) is 11.1 Å². The second-order valence-corrected chi connectivity index (χ2v) is 6.38. The predicted octanol–water partition coefficient (Wildman–Crippen LogP) is 4.98. The first-order chi connectivity index (χ1) is 13.7. The van der Waals surface area contributed by atoms with E-state index in [1.165, 1.54) is 18.2 Å². The Morgan fingerprint density at radius 1 is 1.07 bits per heavy atom. The van der Waals surface area contributed by atoms with Crippen molar-refractivity contribution in [3.05, 3.63) is 72.4 Å². The zero-order chi connectivity index (χ0) is 21.0. The van der Waals surface area contributed by atoms with E-state index in [-0.39, 0.29) is 5.75 Å². The largest absolute Gasteiger partial charge is 0.573 e. The molecule has 1 heterocycles. The van der Waals surface area contributed by atoms with E-state index in [0.717, 1.165) is 16.7 Å². The van der Waals surface area contributed by atoms with Crippen LogP contribution in [-0.2, 0) is 4.79 Å². The van der Waals surface area contributed by atoms with Crippen LogP contribution in [0.3, 0.4) is 0 Å². The van der Waals surface area contributed by atoms with Gasteiger partial charge in [0.25, 0.3) is 0 Å². The normalized spacial score (nSPS) is 12.3. The fourth-order valence-corrected chi connectivity index (χ4v) is 2.71. The van der Waals surface area contributed by atoms with Gasteiger partial charge >= 0.3 is 6.36 Å². The molecular weight excluding hydrogens is 383 g/mol. The van der Waals surface area contributed by atoms with E-state index in [2.05, 4.69) is 15.0 Å². The van der Waals surface area contributed by atoms with E-state index in [4.69, 9.17) is 5.73 Å². The number of primary amides is 1. The van der Waals surface area contributed by atoms with E-state index < -0.39 is 18.2 Å². The molecular formula is C21H18F3N3O2. The van der Waals surface area contributed by atoms with Gasteiger partial charge < -0.3 is 15.8 Å². The molecule has 0 fully saturated rings. The molecule has 0 aliphatic heterocycles. The van der Waals surface area contributed by atoms with E-state index in [9.17, 15) is 18.0 Å². The minimum Gasteiger partial charge on any atom is -0.406 e. The molecule has 5 nitrogen and oxygen atoms in total. The van der Waals surface area contributed by atoms with Gasteiger partial charge in [-0.05, 0) is 42.3 Å². The van der Waals surface area contributed by atoms with Crippen molar-refractivity contribution in [3.8, 4) is 16.9 Å². The van der Waals surface area contributed by atoms with Crippen molar-refractivity contribution in [1.82, 2.24) is 4.98 Å². The average Bonchev–Trinajstić information content (AvgIpc) is 2.67. The second-order valence-electron chi connectivity index (χ2n) is 6.38. The molecule has 1 unspecified atom stereocenters. The monoisotopic (exact) mass is 401 g/mol. The van der Waals surface area contributed by atoms with Crippen LogP contribution in [0, 0.1) is 0 Å². The zero-order valence-electron chi connectivity index (χ0n) is 15.4. The number of ether oxygens (including phenoxy) is 1. The summed E-state index contributed by atoms with van der Waals surface area (Å²) in [6.07, 6.45) is -3.12. The SMILES string of the molecule is CC(C(N)=O)c1cccc(-c2ccc(Nc3cccc(OC(F)(F)F)c3)nc2)c1.